The van der Waals surface area contributed by atoms with E-state index in [0.29, 0.717) is 5.56 Å². The zero-order chi connectivity index (χ0) is 17.4. The van der Waals surface area contributed by atoms with Gasteiger partial charge in [-0.25, -0.2) is 21.6 Å². The molecule has 0 aromatic heterocycles. The maximum atomic E-state index is 12.9. The molecule has 1 N–H and O–H groups in total. The number of hydrogen-bond acceptors (Lipinski definition) is 4. The van der Waals surface area contributed by atoms with E-state index in [1.54, 1.807) is 25.1 Å². The van der Waals surface area contributed by atoms with Gasteiger partial charge in [-0.2, -0.15) is 0 Å². The molecular formula is C17H19NO4S2. The molecule has 2 aromatic rings. The van der Waals surface area contributed by atoms with Crippen LogP contribution in [-0.2, 0) is 19.9 Å². The van der Waals surface area contributed by atoms with Crippen molar-refractivity contribution < 1.29 is 16.8 Å². The number of rotatable bonds is 4. The van der Waals surface area contributed by atoms with Crippen molar-refractivity contribution in [1.82, 2.24) is 4.72 Å². The first-order valence-corrected chi connectivity index (χ1v) is 10.9. The van der Waals surface area contributed by atoms with E-state index in [2.05, 4.69) is 4.72 Å². The van der Waals surface area contributed by atoms with Crippen LogP contribution in [0, 0.1) is 0 Å². The third-order valence-corrected chi connectivity index (χ3v) is 7.75. The zero-order valence-corrected chi connectivity index (χ0v) is 14.9. The summed E-state index contributed by atoms with van der Waals surface area (Å²) in [6.07, 6.45) is 0.280. The van der Waals surface area contributed by atoms with Crippen LogP contribution in [0.25, 0.3) is 11.1 Å². The number of sulfonamides is 1. The Morgan fingerprint density at radius 1 is 1.00 bits per heavy atom. The summed E-state index contributed by atoms with van der Waals surface area (Å²) in [4.78, 5) is 0.154. The molecule has 24 heavy (non-hydrogen) atoms. The lowest BCUT2D eigenvalue weighted by Gasteiger charge is -2.24. The second-order valence-electron chi connectivity index (χ2n) is 6.37. The fourth-order valence-electron chi connectivity index (χ4n) is 3.03. The normalized spacial score (nSPS) is 23.2. The van der Waals surface area contributed by atoms with Gasteiger partial charge in [0.25, 0.3) is 0 Å². The number of sulfone groups is 1. The Balaban J connectivity index is 2.00. The largest absolute Gasteiger partial charge is 0.241 e. The van der Waals surface area contributed by atoms with E-state index in [9.17, 15) is 16.8 Å². The smallest absolute Gasteiger partial charge is 0.229 e. The van der Waals surface area contributed by atoms with Crippen LogP contribution >= 0.6 is 0 Å². The minimum Gasteiger partial charge on any atom is -0.229 e. The molecule has 1 heterocycles. The summed E-state index contributed by atoms with van der Waals surface area (Å²) in [7, 11) is -7.04. The summed E-state index contributed by atoms with van der Waals surface area (Å²) in [5, 5.41) is 0. The first kappa shape index (κ1) is 17.1. The Kier molecular flexibility index (Phi) is 4.27. The SMILES string of the molecule is CC1(NS(=O)(=O)c2ccccc2-c2ccccc2)CCS(=O)(=O)C1. The zero-order valence-electron chi connectivity index (χ0n) is 13.3. The van der Waals surface area contributed by atoms with Crippen molar-refractivity contribution in [2.75, 3.05) is 11.5 Å². The van der Waals surface area contributed by atoms with Crippen LogP contribution in [0.1, 0.15) is 13.3 Å². The van der Waals surface area contributed by atoms with E-state index < -0.39 is 25.4 Å². The molecule has 0 saturated carbocycles. The fraction of sp³-hybridized carbons (Fsp3) is 0.294. The summed E-state index contributed by atoms with van der Waals surface area (Å²) >= 11 is 0. The third-order valence-electron chi connectivity index (χ3n) is 4.15. The molecule has 1 unspecified atom stereocenters. The highest BCUT2D eigenvalue weighted by Crippen LogP contribution is 2.30. The average molecular weight is 365 g/mol. The molecule has 7 heteroatoms. The van der Waals surface area contributed by atoms with Gasteiger partial charge in [0.2, 0.25) is 10.0 Å². The van der Waals surface area contributed by atoms with Crippen LogP contribution in [0.2, 0.25) is 0 Å². The van der Waals surface area contributed by atoms with Gasteiger partial charge in [-0.3, -0.25) is 0 Å². The first-order chi connectivity index (χ1) is 11.2. The molecule has 0 bridgehead atoms. The molecule has 0 spiro atoms. The van der Waals surface area contributed by atoms with Gasteiger partial charge in [0.05, 0.1) is 16.4 Å². The molecule has 1 aliphatic heterocycles. The molecule has 5 nitrogen and oxygen atoms in total. The van der Waals surface area contributed by atoms with E-state index in [1.807, 2.05) is 30.3 Å². The predicted molar refractivity (Wildman–Crippen MR) is 93.9 cm³/mol. The lowest BCUT2D eigenvalue weighted by molar-refractivity contribution is 0.462. The van der Waals surface area contributed by atoms with Crippen molar-refractivity contribution in [2.45, 2.75) is 23.8 Å². The lowest BCUT2D eigenvalue weighted by Crippen LogP contribution is -2.46. The van der Waals surface area contributed by atoms with Crippen LogP contribution in [-0.4, -0.2) is 33.9 Å². The van der Waals surface area contributed by atoms with Crippen LogP contribution in [0.5, 0.6) is 0 Å². The van der Waals surface area contributed by atoms with E-state index in [-0.39, 0.29) is 22.8 Å². The quantitative estimate of drug-likeness (QED) is 0.901. The maximum Gasteiger partial charge on any atom is 0.241 e. The van der Waals surface area contributed by atoms with Gasteiger partial charge < -0.3 is 0 Å². The van der Waals surface area contributed by atoms with Gasteiger partial charge in [0.1, 0.15) is 0 Å². The topological polar surface area (TPSA) is 80.3 Å². The Hall–Kier alpha value is -1.70. The number of benzene rings is 2. The molecular weight excluding hydrogens is 346 g/mol. The summed E-state index contributed by atoms with van der Waals surface area (Å²) < 4.78 is 51.8. The highest BCUT2D eigenvalue weighted by Gasteiger charge is 2.41. The predicted octanol–water partition coefficient (Wildman–Crippen LogP) is 2.21. The summed E-state index contributed by atoms with van der Waals surface area (Å²) in [5.41, 5.74) is 0.416. The minimum atomic E-state index is -3.85. The second-order valence-corrected chi connectivity index (χ2v) is 10.2. The van der Waals surface area contributed by atoms with Crippen LogP contribution in [0.3, 0.4) is 0 Å². The molecule has 0 radical (unpaired) electrons. The van der Waals surface area contributed by atoms with Crippen LogP contribution < -0.4 is 4.72 Å². The Morgan fingerprint density at radius 2 is 1.62 bits per heavy atom. The highest BCUT2D eigenvalue weighted by atomic mass is 32.2. The Labute approximate surface area is 142 Å². The van der Waals surface area contributed by atoms with Crippen LogP contribution in [0.4, 0.5) is 0 Å². The Bertz CT molecular complexity index is 953. The molecule has 2 aromatic carbocycles. The minimum absolute atomic E-state index is 0.00630. The second kappa shape index (κ2) is 5.98. The Morgan fingerprint density at radius 3 is 2.25 bits per heavy atom. The van der Waals surface area contributed by atoms with Crippen molar-refractivity contribution in [1.29, 1.82) is 0 Å². The average Bonchev–Trinajstić information content (AvgIpc) is 2.80. The van der Waals surface area contributed by atoms with Gasteiger partial charge in [0.15, 0.2) is 9.84 Å². The van der Waals surface area contributed by atoms with E-state index in [1.165, 1.54) is 6.07 Å². The van der Waals surface area contributed by atoms with E-state index in [0.717, 1.165) is 5.56 Å². The van der Waals surface area contributed by atoms with Crippen molar-refractivity contribution in [3.05, 3.63) is 54.6 Å². The van der Waals surface area contributed by atoms with Crippen molar-refractivity contribution in [3.63, 3.8) is 0 Å². The van der Waals surface area contributed by atoms with Crippen molar-refractivity contribution in [2.24, 2.45) is 0 Å². The summed E-state index contributed by atoms with van der Waals surface area (Å²) in [5.74, 6) is -0.168. The van der Waals surface area contributed by atoms with Gasteiger partial charge >= 0.3 is 0 Å². The standard InChI is InChI=1S/C17H19NO4S2/c1-17(11-12-23(19,20)13-17)18-24(21,22)16-10-6-5-9-15(16)14-7-3-2-4-8-14/h2-10,18H,11-13H2,1H3. The lowest BCUT2D eigenvalue weighted by atomic mass is 10.0. The first-order valence-electron chi connectivity index (χ1n) is 7.60. The van der Waals surface area contributed by atoms with E-state index in [4.69, 9.17) is 0 Å². The molecule has 128 valence electrons. The number of nitrogens with one attached hydrogen (secondary N) is 1. The summed E-state index contributed by atoms with van der Waals surface area (Å²) in [6.45, 7) is 1.64. The fourth-order valence-corrected chi connectivity index (χ4v) is 6.88. The molecule has 1 aliphatic rings. The molecule has 0 aliphatic carbocycles. The monoisotopic (exact) mass is 365 g/mol. The third kappa shape index (κ3) is 3.53. The molecule has 1 atom stereocenters. The van der Waals surface area contributed by atoms with Gasteiger partial charge in [-0.05, 0) is 25.0 Å². The van der Waals surface area contributed by atoms with Crippen LogP contribution in [0.15, 0.2) is 59.5 Å². The maximum absolute atomic E-state index is 12.9. The molecule has 1 saturated heterocycles. The van der Waals surface area contributed by atoms with E-state index >= 15 is 0 Å². The van der Waals surface area contributed by atoms with Gasteiger partial charge in [-0.1, -0.05) is 48.5 Å². The molecule has 0 amide bonds. The number of hydrogen-bond donors (Lipinski definition) is 1. The van der Waals surface area contributed by atoms with Gasteiger partial charge in [-0.15, -0.1) is 0 Å². The van der Waals surface area contributed by atoms with Crippen molar-refractivity contribution in [3.8, 4) is 11.1 Å². The molecule has 1 fully saturated rings. The highest BCUT2D eigenvalue weighted by molar-refractivity contribution is 7.92. The van der Waals surface area contributed by atoms with Crippen molar-refractivity contribution >= 4 is 19.9 Å². The van der Waals surface area contributed by atoms with Gasteiger partial charge in [0, 0.05) is 11.1 Å². The molecule has 3 rings (SSSR count). The summed E-state index contributed by atoms with van der Waals surface area (Å²) in [6, 6.07) is 16.0.